The van der Waals surface area contributed by atoms with Crippen LogP contribution in [0.3, 0.4) is 0 Å². The number of aromatic nitrogens is 2. The number of rotatable bonds is 6. The molecule has 1 aliphatic heterocycles. The predicted octanol–water partition coefficient (Wildman–Crippen LogP) is 4.73. The van der Waals surface area contributed by atoms with Crippen LogP contribution in [0.4, 0.5) is 18.9 Å². The van der Waals surface area contributed by atoms with E-state index in [1.54, 1.807) is 0 Å². The summed E-state index contributed by atoms with van der Waals surface area (Å²) < 4.78 is 38.5. The second kappa shape index (κ2) is 10.2. The second-order valence-electron chi connectivity index (χ2n) is 7.80. The van der Waals surface area contributed by atoms with Crippen molar-refractivity contribution >= 4 is 35.0 Å². The summed E-state index contributed by atoms with van der Waals surface area (Å²) in [4.78, 5) is 34.2. The molecule has 0 saturated carbocycles. The Morgan fingerprint density at radius 3 is 2.71 bits per heavy atom. The fraction of sp³-hybridized carbons (Fsp3) is 0.261. The summed E-state index contributed by atoms with van der Waals surface area (Å²) in [6.45, 7) is 1.87. The molecule has 0 fully saturated rings. The quantitative estimate of drug-likeness (QED) is 0.372. The van der Waals surface area contributed by atoms with Crippen molar-refractivity contribution in [3.05, 3.63) is 86.3 Å². The third-order valence-electron chi connectivity index (χ3n) is 5.26. The van der Waals surface area contributed by atoms with Gasteiger partial charge in [-0.15, -0.1) is 0 Å². The molecule has 1 amide bonds. The molecule has 178 valence electrons. The zero-order valence-corrected chi connectivity index (χ0v) is 19.4. The van der Waals surface area contributed by atoms with Crippen LogP contribution >= 0.6 is 23.4 Å². The Kier molecular flexibility index (Phi) is 7.30. The zero-order valence-electron chi connectivity index (χ0n) is 17.8. The topological polar surface area (TPSA) is 78.1 Å². The minimum absolute atomic E-state index is 0.0492. The van der Waals surface area contributed by atoms with Gasteiger partial charge in [0.05, 0.1) is 22.6 Å². The molecule has 4 rings (SSSR count). The number of aromatic amines is 1. The molecule has 2 heterocycles. The van der Waals surface area contributed by atoms with Crippen LogP contribution in [-0.2, 0) is 30.5 Å². The van der Waals surface area contributed by atoms with Gasteiger partial charge < -0.3 is 10.3 Å². The molecule has 2 aromatic carbocycles. The molecular weight excluding hydrogens is 489 g/mol. The Labute approximate surface area is 202 Å². The molecule has 2 N–H and O–H groups in total. The van der Waals surface area contributed by atoms with Gasteiger partial charge in [0.1, 0.15) is 0 Å². The van der Waals surface area contributed by atoms with Gasteiger partial charge in [0, 0.05) is 36.8 Å². The maximum atomic E-state index is 12.8. The number of halogens is 4. The fourth-order valence-electron chi connectivity index (χ4n) is 3.61. The number of H-pyrrole nitrogens is 1. The van der Waals surface area contributed by atoms with Gasteiger partial charge in [0.25, 0.3) is 5.56 Å². The fourth-order valence-corrected chi connectivity index (χ4v) is 4.42. The highest BCUT2D eigenvalue weighted by molar-refractivity contribution is 7.99. The summed E-state index contributed by atoms with van der Waals surface area (Å²) in [6.07, 6.45) is -3.90. The van der Waals surface area contributed by atoms with Crippen LogP contribution < -0.4 is 10.9 Å². The highest BCUT2D eigenvalue weighted by Gasteiger charge is 2.30. The molecule has 1 aliphatic rings. The summed E-state index contributed by atoms with van der Waals surface area (Å²) in [7, 11) is 0. The van der Waals surface area contributed by atoms with Gasteiger partial charge >= 0.3 is 6.18 Å². The van der Waals surface area contributed by atoms with Gasteiger partial charge in [-0.3, -0.25) is 14.5 Å². The number of thioether (sulfide) groups is 1. The minimum atomic E-state index is -4.49. The van der Waals surface area contributed by atoms with Crippen LogP contribution in [0.25, 0.3) is 0 Å². The molecule has 6 nitrogen and oxygen atoms in total. The van der Waals surface area contributed by atoms with E-state index in [1.807, 2.05) is 24.3 Å². The predicted molar refractivity (Wildman–Crippen MR) is 125 cm³/mol. The number of nitrogens with zero attached hydrogens (tertiary/aromatic N) is 2. The van der Waals surface area contributed by atoms with Crippen LogP contribution in [0.2, 0.25) is 5.02 Å². The largest absolute Gasteiger partial charge is 0.416 e. The standard InChI is InChI=1S/C23H20ClF3N4O2S/c24-16-6-4-14(5-7-16)11-31-9-8-19-18(12-31)21(33)30-22(29-19)34-13-20(32)28-17-3-1-2-15(10-17)23(25,26)27/h1-7,10H,8-9,11-13H2,(H,28,32)(H,29,30,33). The Hall–Kier alpha value is -2.82. The molecule has 0 saturated heterocycles. The highest BCUT2D eigenvalue weighted by atomic mass is 35.5. The molecule has 0 spiro atoms. The molecule has 3 aromatic rings. The molecule has 34 heavy (non-hydrogen) atoms. The lowest BCUT2D eigenvalue weighted by Gasteiger charge is -2.27. The van der Waals surface area contributed by atoms with E-state index in [9.17, 15) is 22.8 Å². The van der Waals surface area contributed by atoms with Gasteiger partial charge in [0.2, 0.25) is 5.91 Å². The first-order valence-corrected chi connectivity index (χ1v) is 11.7. The van der Waals surface area contributed by atoms with E-state index in [-0.39, 0.29) is 17.0 Å². The van der Waals surface area contributed by atoms with Gasteiger partial charge in [0.15, 0.2) is 5.16 Å². The van der Waals surface area contributed by atoms with Crippen molar-refractivity contribution < 1.29 is 18.0 Å². The monoisotopic (exact) mass is 508 g/mol. The number of benzene rings is 2. The summed E-state index contributed by atoms with van der Waals surface area (Å²) in [5.41, 5.74) is 1.33. The Bertz CT molecular complexity index is 1250. The number of carbonyl (C=O) groups excluding carboxylic acids is 1. The number of nitrogens with one attached hydrogen (secondary N) is 2. The molecule has 1 aromatic heterocycles. The Balaban J connectivity index is 1.36. The molecule has 0 radical (unpaired) electrons. The van der Waals surface area contributed by atoms with Crippen molar-refractivity contribution in [1.29, 1.82) is 0 Å². The van der Waals surface area contributed by atoms with E-state index < -0.39 is 17.6 Å². The van der Waals surface area contributed by atoms with Crippen molar-refractivity contribution in [1.82, 2.24) is 14.9 Å². The molecular formula is C23H20ClF3N4O2S. The average molecular weight is 509 g/mol. The summed E-state index contributed by atoms with van der Waals surface area (Å²) >= 11 is 6.95. The third-order valence-corrected chi connectivity index (χ3v) is 6.38. The normalized spacial score (nSPS) is 14.0. The number of alkyl halides is 3. The van der Waals surface area contributed by atoms with Crippen molar-refractivity contribution in [2.24, 2.45) is 0 Å². The van der Waals surface area contributed by atoms with Crippen molar-refractivity contribution in [3.63, 3.8) is 0 Å². The first-order valence-electron chi connectivity index (χ1n) is 10.4. The van der Waals surface area contributed by atoms with E-state index in [0.29, 0.717) is 40.9 Å². The van der Waals surface area contributed by atoms with E-state index in [1.165, 1.54) is 12.1 Å². The molecule has 0 aliphatic carbocycles. The zero-order chi connectivity index (χ0) is 24.3. The van der Waals surface area contributed by atoms with Crippen LogP contribution in [0.15, 0.2) is 58.5 Å². The number of hydrogen-bond donors (Lipinski definition) is 2. The third kappa shape index (κ3) is 6.19. The van der Waals surface area contributed by atoms with E-state index in [4.69, 9.17) is 11.6 Å². The van der Waals surface area contributed by atoms with E-state index in [0.717, 1.165) is 36.0 Å². The van der Waals surface area contributed by atoms with Crippen molar-refractivity contribution in [2.45, 2.75) is 30.8 Å². The summed E-state index contributed by atoms with van der Waals surface area (Å²) in [5, 5.41) is 3.41. The molecule has 0 bridgehead atoms. The van der Waals surface area contributed by atoms with E-state index in [2.05, 4.69) is 20.2 Å². The van der Waals surface area contributed by atoms with Crippen LogP contribution in [0.5, 0.6) is 0 Å². The van der Waals surface area contributed by atoms with Gasteiger partial charge in [-0.2, -0.15) is 13.2 Å². The smallest absolute Gasteiger partial charge is 0.325 e. The number of amides is 1. The van der Waals surface area contributed by atoms with Crippen molar-refractivity contribution in [2.75, 3.05) is 17.6 Å². The number of fused-ring (bicyclic) bond motifs is 1. The lowest BCUT2D eigenvalue weighted by molar-refractivity contribution is -0.137. The first kappa shape index (κ1) is 24.3. The lowest BCUT2D eigenvalue weighted by Crippen LogP contribution is -2.35. The maximum absolute atomic E-state index is 12.8. The van der Waals surface area contributed by atoms with Crippen LogP contribution in [0.1, 0.15) is 22.4 Å². The molecule has 11 heteroatoms. The average Bonchev–Trinajstić information content (AvgIpc) is 2.79. The van der Waals surface area contributed by atoms with E-state index >= 15 is 0 Å². The lowest BCUT2D eigenvalue weighted by atomic mass is 10.1. The molecule has 0 atom stereocenters. The number of hydrogen-bond acceptors (Lipinski definition) is 5. The summed E-state index contributed by atoms with van der Waals surface area (Å²) in [5.74, 6) is -0.612. The van der Waals surface area contributed by atoms with Crippen LogP contribution in [0, 0.1) is 0 Å². The van der Waals surface area contributed by atoms with Crippen molar-refractivity contribution in [3.8, 4) is 0 Å². The SMILES string of the molecule is O=C(CSc1nc2c(c(=O)[nH]1)CN(Cc1ccc(Cl)cc1)CC2)Nc1cccc(C(F)(F)F)c1. The maximum Gasteiger partial charge on any atom is 0.416 e. The van der Waals surface area contributed by atoms with Crippen LogP contribution in [-0.4, -0.2) is 33.1 Å². The van der Waals surface area contributed by atoms with Gasteiger partial charge in [-0.1, -0.05) is 41.6 Å². The molecule has 0 unspecified atom stereocenters. The number of carbonyl (C=O) groups is 1. The minimum Gasteiger partial charge on any atom is -0.325 e. The first-order chi connectivity index (χ1) is 16.2. The highest BCUT2D eigenvalue weighted by Crippen LogP contribution is 2.30. The van der Waals surface area contributed by atoms with Gasteiger partial charge in [-0.25, -0.2) is 4.98 Å². The number of anilines is 1. The Morgan fingerprint density at radius 1 is 1.21 bits per heavy atom. The summed E-state index contributed by atoms with van der Waals surface area (Å²) in [6, 6.07) is 12.0. The van der Waals surface area contributed by atoms with Gasteiger partial charge in [-0.05, 0) is 35.9 Å². The second-order valence-corrected chi connectivity index (χ2v) is 9.20. The Morgan fingerprint density at radius 2 is 1.97 bits per heavy atom.